The van der Waals surface area contributed by atoms with Crippen LogP contribution in [0.4, 0.5) is 0 Å². The second kappa shape index (κ2) is 39.8. The van der Waals surface area contributed by atoms with Gasteiger partial charge >= 0.3 is 11.9 Å². The first kappa shape index (κ1) is 76.2. The minimum atomic E-state index is -1.39. The number of aliphatic hydroxyl groups excluding tert-OH is 3. The summed E-state index contributed by atoms with van der Waals surface area (Å²) in [5, 5.41) is 52.8. The SMILES string of the molecule is CCc1cc(C(C)(C)C)c(OC(c2c(C(C)(C)C)cc(CC)c(CCCCCCCCCCCCCCCCCCC(=O)O)c2C(C)(C)C)C(CO)(CO)CO)c(C(C)(C)C)c1CCCCCCCCCCCCCCCCCCC(=O)O. The average Bonchev–Trinajstić information content (AvgIpc) is 3.56. The highest BCUT2D eigenvalue weighted by Crippen LogP contribution is 2.52. The van der Waals surface area contributed by atoms with E-state index in [4.69, 9.17) is 14.9 Å². The molecule has 1 unspecified atom stereocenters. The van der Waals surface area contributed by atoms with Crippen LogP contribution in [0.3, 0.4) is 0 Å². The summed E-state index contributed by atoms with van der Waals surface area (Å²) in [6, 6.07) is 4.85. The molecule has 83 heavy (non-hydrogen) atoms. The molecule has 8 heteroatoms. The molecule has 0 aliphatic rings. The zero-order chi connectivity index (χ0) is 62.1. The molecule has 0 bridgehead atoms. The van der Waals surface area contributed by atoms with E-state index in [0.29, 0.717) is 12.8 Å². The summed E-state index contributed by atoms with van der Waals surface area (Å²) >= 11 is 0. The van der Waals surface area contributed by atoms with Gasteiger partial charge in [-0.3, -0.25) is 9.59 Å². The number of carboxylic acids is 2. The topological polar surface area (TPSA) is 145 Å². The van der Waals surface area contributed by atoms with Crippen molar-refractivity contribution >= 4 is 11.9 Å². The van der Waals surface area contributed by atoms with Crippen molar-refractivity contribution in [3.05, 3.63) is 62.2 Å². The van der Waals surface area contributed by atoms with Gasteiger partial charge in [0.15, 0.2) is 0 Å². The number of hydrogen-bond acceptors (Lipinski definition) is 6. The Balaban J connectivity index is 2.42. The fourth-order valence-corrected chi connectivity index (χ4v) is 13.1. The minimum Gasteiger partial charge on any atom is -0.484 e. The van der Waals surface area contributed by atoms with Crippen molar-refractivity contribution in [1.82, 2.24) is 0 Å². The third-order valence-corrected chi connectivity index (χ3v) is 18.1. The Hall–Kier alpha value is -2.94. The molecule has 1 atom stereocenters. The summed E-state index contributed by atoms with van der Waals surface area (Å²) in [7, 11) is 0. The number of carboxylic acid groups (broad SMARTS) is 2. The molecule has 0 spiro atoms. The molecule has 0 saturated heterocycles. The van der Waals surface area contributed by atoms with Crippen LogP contribution in [-0.4, -0.2) is 57.3 Å². The molecule has 0 fully saturated rings. The van der Waals surface area contributed by atoms with Gasteiger partial charge < -0.3 is 30.3 Å². The van der Waals surface area contributed by atoms with Crippen molar-refractivity contribution in [3.8, 4) is 5.75 Å². The smallest absolute Gasteiger partial charge is 0.303 e. The number of rotatable bonds is 47. The van der Waals surface area contributed by atoms with E-state index in [1.165, 1.54) is 187 Å². The maximum atomic E-state index is 11.7. The van der Waals surface area contributed by atoms with Crippen molar-refractivity contribution in [2.24, 2.45) is 5.41 Å². The Bertz CT molecular complexity index is 2080. The fourth-order valence-electron chi connectivity index (χ4n) is 13.1. The zero-order valence-electron chi connectivity index (χ0n) is 56.7. The van der Waals surface area contributed by atoms with E-state index >= 15 is 0 Å². The van der Waals surface area contributed by atoms with Gasteiger partial charge in [0.25, 0.3) is 0 Å². The van der Waals surface area contributed by atoms with E-state index in [-0.39, 0.29) is 21.7 Å². The fraction of sp³-hybridized carbons (Fsp3) is 0.813. The Morgan fingerprint density at radius 2 is 0.651 bits per heavy atom. The Kier molecular flexibility index (Phi) is 36.5. The second-order valence-corrected chi connectivity index (χ2v) is 29.8. The van der Waals surface area contributed by atoms with E-state index in [1.54, 1.807) is 0 Å². The minimum absolute atomic E-state index is 0.293. The standard InChI is InChI=1S/C75H132O8/c1-15-58-53-62(71(3,4)5)66(67(73(9,10)11)60(58)49-45-41-37-33-29-25-21-17-19-23-27-31-35-39-43-47-51-64(79)80)70(75(55-76,56-77)57-78)83-69-63(72(6,7)8)54-59(16-2)61(68(69)74(12,13)14)50-46-42-38-34-30-26-22-18-20-24-28-32-36-40-44-48-52-65(81)82/h53-54,70,76-78H,15-52,55-57H2,1-14H3,(H,79,80)(H,81,82). The van der Waals surface area contributed by atoms with Crippen LogP contribution in [-0.2, 0) is 56.9 Å². The molecule has 0 heterocycles. The van der Waals surface area contributed by atoms with Gasteiger partial charge in [0.2, 0.25) is 0 Å². The van der Waals surface area contributed by atoms with Crippen LogP contribution < -0.4 is 4.74 Å². The van der Waals surface area contributed by atoms with Crippen LogP contribution in [0.2, 0.25) is 0 Å². The van der Waals surface area contributed by atoms with Gasteiger partial charge in [-0.05, 0) is 106 Å². The van der Waals surface area contributed by atoms with Gasteiger partial charge in [0.05, 0.1) is 25.2 Å². The van der Waals surface area contributed by atoms with E-state index in [1.807, 2.05) is 0 Å². The summed E-state index contributed by atoms with van der Waals surface area (Å²) in [6.07, 6.45) is 42.4. The lowest BCUT2D eigenvalue weighted by Crippen LogP contribution is -2.45. The Morgan fingerprint density at radius 3 is 0.904 bits per heavy atom. The number of hydrogen-bond donors (Lipinski definition) is 5. The van der Waals surface area contributed by atoms with E-state index < -0.39 is 43.3 Å². The number of benzene rings is 2. The number of unbranched alkanes of at least 4 members (excludes halogenated alkanes) is 30. The lowest BCUT2D eigenvalue weighted by atomic mass is 9.66. The molecule has 2 aromatic rings. The van der Waals surface area contributed by atoms with Crippen LogP contribution in [0, 0.1) is 5.41 Å². The van der Waals surface area contributed by atoms with Crippen molar-refractivity contribution < 1.29 is 39.9 Å². The average molecular weight is 1160 g/mol. The van der Waals surface area contributed by atoms with Crippen LogP contribution in [0.5, 0.6) is 5.75 Å². The molecule has 0 aliphatic heterocycles. The molecule has 0 amide bonds. The molecule has 2 rings (SSSR count). The van der Waals surface area contributed by atoms with Crippen molar-refractivity contribution in [1.29, 1.82) is 0 Å². The molecule has 8 nitrogen and oxygen atoms in total. The van der Waals surface area contributed by atoms with Crippen LogP contribution >= 0.6 is 0 Å². The molecule has 0 radical (unpaired) electrons. The largest absolute Gasteiger partial charge is 0.484 e. The zero-order valence-corrected chi connectivity index (χ0v) is 56.7. The maximum Gasteiger partial charge on any atom is 0.303 e. The molecule has 0 aliphatic carbocycles. The summed E-state index contributed by atoms with van der Waals surface area (Å²) in [6.45, 7) is 30.9. The van der Waals surface area contributed by atoms with E-state index in [0.717, 1.165) is 99.5 Å². The predicted molar refractivity (Wildman–Crippen MR) is 353 cm³/mol. The highest BCUT2D eigenvalue weighted by molar-refractivity contribution is 5.67. The van der Waals surface area contributed by atoms with E-state index in [9.17, 15) is 24.9 Å². The quantitative estimate of drug-likeness (QED) is 0.0412. The summed E-state index contributed by atoms with van der Waals surface area (Å²) < 4.78 is 7.97. The first-order valence-electron chi connectivity index (χ1n) is 34.6. The third-order valence-electron chi connectivity index (χ3n) is 18.1. The summed E-state index contributed by atoms with van der Waals surface area (Å²) in [4.78, 5) is 21.5. The van der Waals surface area contributed by atoms with Gasteiger partial charge in [-0.25, -0.2) is 0 Å². The highest BCUT2D eigenvalue weighted by atomic mass is 16.5. The summed E-state index contributed by atoms with van der Waals surface area (Å²) in [5.41, 5.74) is 8.66. The molecule has 2 aromatic carbocycles. The Labute approximate surface area is 511 Å². The van der Waals surface area contributed by atoms with Crippen molar-refractivity contribution in [3.63, 3.8) is 0 Å². The van der Waals surface area contributed by atoms with Crippen molar-refractivity contribution in [2.45, 2.75) is 369 Å². The Morgan fingerprint density at radius 1 is 0.386 bits per heavy atom. The number of carbonyl (C=O) groups is 2. The number of aliphatic hydroxyl groups is 3. The van der Waals surface area contributed by atoms with Gasteiger partial charge in [-0.15, -0.1) is 0 Å². The number of ether oxygens (including phenoxy) is 1. The lowest BCUT2D eigenvalue weighted by molar-refractivity contribution is -0.138. The molecule has 480 valence electrons. The third kappa shape index (κ3) is 27.8. The van der Waals surface area contributed by atoms with Crippen molar-refractivity contribution in [2.75, 3.05) is 19.8 Å². The highest BCUT2D eigenvalue weighted by Gasteiger charge is 2.47. The monoisotopic (exact) mass is 1160 g/mol. The maximum absolute atomic E-state index is 11.7. The van der Waals surface area contributed by atoms with Gasteiger partial charge in [0.1, 0.15) is 11.9 Å². The molecule has 0 saturated carbocycles. The molecular weight excluding hydrogens is 1030 g/mol. The van der Waals surface area contributed by atoms with E-state index in [2.05, 4.69) is 109 Å². The van der Waals surface area contributed by atoms with Crippen LogP contribution in [0.1, 0.15) is 371 Å². The number of aryl methyl sites for hydroxylation is 2. The van der Waals surface area contributed by atoms with Gasteiger partial charge in [-0.1, -0.05) is 289 Å². The van der Waals surface area contributed by atoms with Crippen LogP contribution in [0.15, 0.2) is 12.1 Å². The van der Waals surface area contributed by atoms with Gasteiger partial charge in [0, 0.05) is 29.5 Å². The molecule has 0 aromatic heterocycles. The lowest BCUT2D eigenvalue weighted by Gasteiger charge is -2.45. The number of aliphatic carboxylic acids is 2. The first-order chi connectivity index (χ1) is 39.2. The normalized spacial score (nSPS) is 13.1. The predicted octanol–water partition coefficient (Wildman–Crippen LogP) is 20.6. The van der Waals surface area contributed by atoms with Gasteiger partial charge in [-0.2, -0.15) is 0 Å². The van der Waals surface area contributed by atoms with Crippen LogP contribution in [0.25, 0.3) is 0 Å². The summed E-state index contributed by atoms with van der Waals surface area (Å²) in [5.74, 6) is -0.500. The second-order valence-electron chi connectivity index (χ2n) is 29.8. The molecular formula is C75H132O8. The first-order valence-corrected chi connectivity index (χ1v) is 34.6. The molecule has 5 N–H and O–H groups in total.